The van der Waals surface area contributed by atoms with Gasteiger partial charge in [-0.25, -0.2) is 4.79 Å². The van der Waals surface area contributed by atoms with Gasteiger partial charge in [-0.05, 0) is 32.8 Å². The van der Waals surface area contributed by atoms with Crippen molar-refractivity contribution < 1.29 is 14.3 Å². The quantitative estimate of drug-likeness (QED) is 0.842. The number of nitrogens with one attached hydrogen (secondary N) is 1. The van der Waals surface area contributed by atoms with Crippen molar-refractivity contribution in [3.63, 3.8) is 0 Å². The highest BCUT2D eigenvalue weighted by atomic mass is 16.6. The van der Waals surface area contributed by atoms with Crippen LogP contribution in [0.1, 0.15) is 52.1 Å². The van der Waals surface area contributed by atoms with Crippen molar-refractivity contribution in [2.24, 2.45) is 0 Å². The number of hydrogen-bond acceptors (Lipinski definition) is 3. The lowest BCUT2D eigenvalue weighted by Gasteiger charge is -2.24. The number of hydrogen-bond donors (Lipinski definition) is 1. The van der Waals surface area contributed by atoms with Crippen LogP contribution in [0.25, 0.3) is 0 Å². The van der Waals surface area contributed by atoms with Crippen molar-refractivity contribution in [2.75, 3.05) is 0 Å². The van der Waals surface area contributed by atoms with E-state index in [0.717, 1.165) is 12.0 Å². The van der Waals surface area contributed by atoms with Gasteiger partial charge in [-0.3, -0.25) is 4.79 Å². The van der Waals surface area contributed by atoms with E-state index in [2.05, 4.69) is 5.32 Å². The second-order valence-electron chi connectivity index (χ2n) is 5.69. The molecule has 0 heterocycles. The molecule has 1 aromatic rings. The zero-order valence-corrected chi connectivity index (χ0v) is 12.6. The Morgan fingerprint density at radius 3 is 2.30 bits per heavy atom. The number of carbonyl (C=O) groups is 2. The fraction of sp³-hybridized carbons (Fsp3) is 0.500. The molecule has 0 aliphatic heterocycles. The number of benzene rings is 1. The highest BCUT2D eigenvalue weighted by molar-refractivity contribution is 5.85. The molecule has 0 radical (unpaired) electrons. The largest absolute Gasteiger partial charge is 0.458 e. The van der Waals surface area contributed by atoms with E-state index >= 15 is 0 Å². The molecule has 1 amide bonds. The molecule has 1 unspecified atom stereocenters. The Morgan fingerprint density at radius 1 is 1.20 bits per heavy atom. The van der Waals surface area contributed by atoms with Gasteiger partial charge in [0.05, 0.1) is 0 Å². The van der Waals surface area contributed by atoms with E-state index in [1.807, 2.05) is 25.1 Å². The zero-order chi connectivity index (χ0) is 15.2. The highest BCUT2D eigenvalue weighted by Gasteiger charge is 2.27. The summed E-state index contributed by atoms with van der Waals surface area (Å²) in [6.07, 6.45) is 1.13. The maximum Gasteiger partial charge on any atom is 0.333 e. The van der Waals surface area contributed by atoms with Crippen LogP contribution in [0.2, 0.25) is 0 Å². The van der Waals surface area contributed by atoms with Crippen LogP contribution >= 0.6 is 0 Å². The van der Waals surface area contributed by atoms with E-state index in [0.29, 0.717) is 6.42 Å². The second-order valence-corrected chi connectivity index (χ2v) is 5.69. The molecule has 0 aromatic heterocycles. The number of amides is 1. The molecule has 4 heteroatoms. The fourth-order valence-corrected chi connectivity index (χ4v) is 1.74. The SMILES string of the molecule is CCCC(=O)NC(C(=O)OC(C)(C)C)c1ccccc1. The molecule has 4 nitrogen and oxygen atoms in total. The highest BCUT2D eigenvalue weighted by Crippen LogP contribution is 2.18. The van der Waals surface area contributed by atoms with E-state index in [1.54, 1.807) is 32.9 Å². The Bertz CT molecular complexity index is 449. The van der Waals surface area contributed by atoms with Gasteiger partial charge in [-0.1, -0.05) is 37.3 Å². The van der Waals surface area contributed by atoms with Crippen molar-refractivity contribution in [1.82, 2.24) is 5.32 Å². The minimum absolute atomic E-state index is 0.146. The molecule has 1 rings (SSSR count). The zero-order valence-electron chi connectivity index (χ0n) is 12.6. The molecule has 0 aliphatic carbocycles. The number of carbonyl (C=O) groups excluding carboxylic acids is 2. The summed E-state index contributed by atoms with van der Waals surface area (Å²) in [7, 11) is 0. The summed E-state index contributed by atoms with van der Waals surface area (Å²) in [4.78, 5) is 24.0. The topological polar surface area (TPSA) is 55.4 Å². The molecule has 0 spiro atoms. The molecule has 1 N–H and O–H groups in total. The third kappa shape index (κ3) is 5.43. The van der Waals surface area contributed by atoms with Gasteiger partial charge in [-0.2, -0.15) is 0 Å². The van der Waals surface area contributed by atoms with Crippen LogP contribution in [0.3, 0.4) is 0 Å². The van der Waals surface area contributed by atoms with Crippen LogP contribution < -0.4 is 5.32 Å². The van der Waals surface area contributed by atoms with Crippen LogP contribution in [0.15, 0.2) is 30.3 Å². The van der Waals surface area contributed by atoms with Gasteiger partial charge in [-0.15, -0.1) is 0 Å². The minimum Gasteiger partial charge on any atom is -0.458 e. The lowest BCUT2D eigenvalue weighted by molar-refractivity contribution is -0.158. The monoisotopic (exact) mass is 277 g/mol. The second kappa shape index (κ2) is 7.08. The Morgan fingerprint density at radius 2 is 1.80 bits per heavy atom. The molecule has 0 saturated carbocycles. The predicted octanol–water partition coefficient (Wildman–Crippen LogP) is 2.99. The van der Waals surface area contributed by atoms with Crippen molar-refractivity contribution in [3.05, 3.63) is 35.9 Å². The molecular weight excluding hydrogens is 254 g/mol. The molecule has 0 saturated heterocycles. The first-order valence-electron chi connectivity index (χ1n) is 6.90. The number of rotatable bonds is 5. The van der Waals surface area contributed by atoms with Gasteiger partial charge in [0.1, 0.15) is 5.60 Å². The Hall–Kier alpha value is -1.84. The molecule has 20 heavy (non-hydrogen) atoms. The average molecular weight is 277 g/mol. The maximum atomic E-state index is 12.3. The van der Waals surface area contributed by atoms with E-state index in [9.17, 15) is 9.59 Å². The summed E-state index contributed by atoms with van der Waals surface area (Å²) in [5.74, 6) is -0.583. The molecule has 110 valence electrons. The first-order chi connectivity index (χ1) is 9.33. The molecule has 0 aliphatic rings. The lowest BCUT2D eigenvalue weighted by Crippen LogP contribution is -2.37. The van der Waals surface area contributed by atoms with Crippen molar-refractivity contribution in [1.29, 1.82) is 0 Å². The smallest absolute Gasteiger partial charge is 0.333 e. The minimum atomic E-state index is -0.755. The van der Waals surface area contributed by atoms with Crippen LogP contribution in [0.4, 0.5) is 0 Å². The summed E-state index contributed by atoms with van der Waals surface area (Å²) in [6, 6.07) is 8.39. The van der Waals surface area contributed by atoms with E-state index in [4.69, 9.17) is 4.74 Å². The van der Waals surface area contributed by atoms with Crippen molar-refractivity contribution >= 4 is 11.9 Å². The third-order valence-electron chi connectivity index (χ3n) is 2.56. The molecular formula is C16H23NO3. The molecule has 0 fully saturated rings. The third-order valence-corrected chi connectivity index (χ3v) is 2.56. The van der Waals surface area contributed by atoms with Crippen LogP contribution in [-0.4, -0.2) is 17.5 Å². The standard InChI is InChI=1S/C16H23NO3/c1-5-9-13(18)17-14(12-10-7-6-8-11-12)15(19)20-16(2,3)4/h6-8,10-11,14H,5,9H2,1-4H3,(H,17,18). The van der Waals surface area contributed by atoms with Gasteiger partial charge < -0.3 is 10.1 Å². The summed E-state index contributed by atoms with van der Waals surface area (Å²) >= 11 is 0. The molecule has 1 aromatic carbocycles. The Labute approximate surface area is 120 Å². The van der Waals surface area contributed by atoms with Crippen molar-refractivity contribution in [3.8, 4) is 0 Å². The van der Waals surface area contributed by atoms with Gasteiger partial charge in [0, 0.05) is 6.42 Å². The van der Waals surface area contributed by atoms with Gasteiger partial charge in [0.25, 0.3) is 0 Å². The summed E-state index contributed by atoms with van der Waals surface area (Å²) in [5.41, 5.74) is 0.144. The summed E-state index contributed by atoms with van der Waals surface area (Å²) in [6.45, 7) is 7.34. The van der Waals surface area contributed by atoms with E-state index < -0.39 is 17.6 Å². The number of ether oxygens (including phenoxy) is 1. The van der Waals surface area contributed by atoms with Crippen molar-refractivity contribution in [2.45, 2.75) is 52.2 Å². The normalized spacial score (nSPS) is 12.6. The van der Waals surface area contributed by atoms with Gasteiger partial charge >= 0.3 is 5.97 Å². The predicted molar refractivity (Wildman–Crippen MR) is 78.1 cm³/mol. The van der Waals surface area contributed by atoms with E-state index in [-0.39, 0.29) is 5.91 Å². The maximum absolute atomic E-state index is 12.3. The molecule has 0 bridgehead atoms. The first kappa shape index (κ1) is 16.2. The summed E-state index contributed by atoms with van der Waals surface area (Å²) < 4.78 is 5.38. The Balaban J connectivity index is 2.90. The average Bonchev–Trinajstić information content (AvgIpc) is 2.35. The van der Waals surface area contributed by atoms with Gasteiger partial charge in [0.2, 0.25) is 5.91 Å². The van der Waals surface area contributed by atoms with Gasteiger partial charge in [0.15, 0.2) is 6.04 Å². The van der Waals surface area contributed by atoms with E-state index in [1.165, 1.54) is 0 Å². The van der Waals surface area contributed by atoms with Crippen LogP contribution in [0, 0.1) is 0 Å². The Kier molecular flexibility index (Phi) is 5.74. The first-order valence-corrected chi connectivity index (χ1v) is 6.90. The fourth-order valence-electron chi connectivity index (χ4n) is 1.74. The van der Waals surface area contributed by atoms with Crippen LogP contribution in [0.5, 0.6) is 0 Å². The molecule has 1 atom stereocenters. The van der Waals surface area contributed by atoms with Crippen LogP contribution in [-0.2, 0) is 14.3 Å². The lowest BCUT2D eigenvalue weighted by atomic mass is 10.1. The summed E-state index contributed by atoms with van der Waals surface area (Å²) in [5, 5.41) is 2.74. The number of esters is 1.